The van der Waals surface area contributed by atoms with Crippen LogP contribution in [0.2, 0.25) is 0 Å². The van der Waals surface area contributed by atoms with Gasteiger partial charge in [0.2, 0.25) is 11.8 Å². The minimum atomic E-state index is -0.399. The average molecular weight is 418 g/mol. The monoisotopic (exact) mass is 418 g/mol. The fraction of sp³-hybridized carbons (Fsp3) is 0.217. The molecule has 1 aliphatic heterocycles. The molecule has 2 amide bonds. The number of carbonyl (C=O) groups excluding carboxylic acids is 2. The Bertz CT molecular complexity index is 1170. The zero-order valence-electron chi connectivity index (χ0n) is 17.1. The standard InChI is InChI=1S/C23H22N4O4/c1-31-20-11-9-17(14-19(20)26-13-5-8-22(26)29)24-21(28)15-27-23(30)12-10-18(25-27)16-6-3-2-4-7-16/h2-4,6-7,9-12,14H,5,8,13,15H2,1H3,(H,24,28). The smallest absolute Gasteiger partial charge is 0.267 e. The van der Waals surface area contributed by atoms with E-state index in [9.17, 15) is 14.4 Å². The van der Waals surface area contributed by atoms with Crippen molar-refractivity contribution in [3.05, 3.63) is 71.0 Å². The summed E-state index contributed by atoms with van der Waals surface area (Å²) in [6, 6.07) is 17.6. The van der Waals surface area contributed by atoms with Crippen molar-refractivity contribution in [3.63, 3.8) is 0 Å². The predicted octanol–water partition coefficient (Wildman–Crippen LogP) is 2.68. The van der Waals surface area contributed by atoms with Gasteiger partial charge in [-0.2, -0.15) is 5.10 Å². The number of hydrogen-bond acceptors (Lipinski definition) is 5. The summed E-state index contributed by atoms with van der Waals surface area (Å²) in [6.45, 7) is 0.377. The molecule has 2 heterocycles. The van der Waals surface area contributed by atoms with E-state index < -0.39 is 5.91 Å². The molecule has 0 atom stereocenters. The van der Waals surface area contributed by atoms with Gasteiger partial charge in [-0.05, 0) is 30.7 Å². The fourth-order valence-corrected chi connectivity index (χ4v) is 3.54. The Morgan fingerprint density at radius 3 is 2.61 bits per heavy atom. The van der Waals surface area contributed by atoms with Crippen molar-refractivity contribution in [2.45, 2.75) is 19.4 Å². The summed E-state index contributed by atoms with van der Waals surface area (Å²) in [5.74, 6) is 0.181. The summed E-state index contributed by atoms with van der Waals surface area (Å²) in [6.07, 6.45) is 1.27. The molecule has 1 saturated heterocycles. The molecular formula is C23H22N4O4. The molecule has 31 heavy (non-hydrogen) atoms. The maximum Gasteiger partial charge on any atom is 0.267 e. The predicted molar refractivity (Wildman–Crippen MR) is 117 cm³/mol. The van der Waals surface area contributed by atoms with Crippen LogP contribution >= 0.6 is 0 Å². The van der Waals surface area contributed by atoms with Crippen LogP contribution in [0.15, 0.2) is 65.5 Å². The lowest BCUT2D eigenvalue weighted by Crippen LogP contribution is -2.29. The molecular weight excluding hydrogens is 396 g/mol. The van der Waals surface area contributed by atoms with Crippen molar-refractivity contribution < 1.29 is 14.3 Å². The molecule has 158 valence electrons. The number of aromatic nitrogens is 2. The number of amides is 2. The first-order valence-electron chi connectivity index (χ1n) is 9.97. The zero-order valence-corrected chi connectivity index (χ0v) is 17.1. The molecule has 2 aromatic carbocycles. The van der Waals surface area contributed by atoms with Crippen LogP contribution < -0.4 is 20.5 Å². The molecule has 1 N–H and O–H groups in total. The number of anilines is 2. The number of rotatable bonds is 6. The van der Waals surface area contributed by atoms with Crippen LogP contribution in [-0.4, -0.2) is 35.2 Å². The Kier molecular flexibility index (Phi) is 5.79. The highest BCUT2D eigenvalue weighted by Crippen LogP contribution is 2.34. The lowest BCUT2D eigenvalue weighted by Gasteiger charge is -2.20. The first-order valence-corrected chi connectivity index (χ1v) is 9.97. The van der Waals surface area contributed by atoms with Gasteiger partial charge in [0.25, 0.3) is 5.56 Å². The Hall–Kier alpha value is -3.94. The highest BCUT2D eigenvalue weighted by atomic mass is 16.5. The molecule has 0 unspecified atom stereocenters. The number of ether oxygens (including phenoxy) is 1. The zero-order chi connectivity index (χ0) is 21.8. The van der Waals surface area contributed by atoms with Crippen molar-refractivity contribution in [1.29, 1.82) is 0 Å². The van der Waals surface area contributed by atoms with Crippen molar-refractivity contribution in [2.75, 3.05) is 23.9 Å². The maximum atomic E-state index is 12.6. The summed E-state index contributed by atoms with van der Waals surface area (Å²) in [7, 11) is 1.54. The average Bonchev–Trinajstić information content (AvgIpc) is 3.21. The van der Waals surface area contributed by atoms with E-state index in [1.165, 1.54) is 13.2 Å². The Morgan fingerprint density at radius 2 is 1.90 bits per heavy atom. The SMILES string of the molecule is COc1ccc(NC(=O)Cn2nc(-c3ccccc3)ccc2=O)cc1N1CCCC1=O. The van der Waals surface area contributed by atoms with Gasteiger partial charge < -0.3 is 15.0 Å². The van der Waals surface area contributed by atoms with Crippen LogP contribution in [0, 0.1) is 0 Å². The van der Waals surface area contributed by atoms with Crippen molar-refractivity contribution in [2.24, 2.45) is 0 Å². The number of hydrogen-bond donors (Lipinski definition) is 1. The van der Waals surface area contributed by atoms with Gasteiger partial charge in [0.1, 0.15) is 12.3 Å². The second-order valence-electron chi connectivity index (χ2n) is 7.16. The van der Waals surface area contributed by atoms with Gasteiger partial charge in [-0.25, -0.2) is 4.68 Å². The van der Waals surface area contributed by atoms with Crippen LogP contribution in [0.5, 0.6) is 5.75 Å². The third kappa shape index (κ3) is 4.48. The number of benzene rings is 2. The molecule has 1 aliphatic rings. The van der Waals surface area contributed by atoms with Gasteiger partial charge in [-0.3, -0.25) is 14.4 Å². The molecule has 3 aromatic rings. The van der Waals surface area contributed by atoms with Gasteiger partial charge >= 0.3 is 0 Å². The summed E-state index contributed by atoms with van der Waals surface area (Å²) in [5.41, 5.74) is 2.21. The molecule has 1 aromatic heterocycles. The van der Waals surface area contributed by atoms with Crippen LogP contribution in [0.1, 0.15) is 12.8 Å². The van der Waals surface area contributed by atoms with E-state index in [4.69, 9.17) is 4.74 Å². The van der Waals surface area contributed by atoms with E-state index in [0.29, 0.717) is 35.8 Å². The van der Waals surface area contributed by atoms with E-state index in [0.717, 1.165) is 16.7 Å². The molecule has 0 radical (unpaired) electrons. The number of carbonyl (C=O) groups is 2. The number of methoxy groups -OCH3 is 1. The van der Waals surface area contributed by atoms with Gasteiger partial charge in [0, 0.05) is 30.3 Å². The quantitative estimate of drug-likeness (QED) is 0.664. The highest BCUT2D eigenvalue weighted by Gasteiger charge is 2.25. The lowest BCUT2D eigenvalue weighted by atomic mass is 10.1. The Balaban J connectivity index is 1.53. The van der Waals surface area contributed by atoms with Crippen LogP contribution in [0.3, 0.4) is 0 Å². The molecule has 0 saturated carbocycles. The molecule has 0 aliphatic carbocycles. The number of nitrogens with one attached hydrogen (secondary N) is 1. The van der Waals surface area contributed by atoms with Gasteiger partial charge in [-0.15, -0.1) is 0 Å². The van der Waals surface area contributed by atoms with Crippen molar-refractivity contribution in [1.82, 2.24) is 9.78 Å². The number of nitrogens with zero attached hydrogens (tertiary/aromatic N) is 3. The third-order valence-corrected chi connectivity index (χ3v) is 5.06. The van der Waals surface area contributed by atoms with Crippen LogP contribution in [0.4, 0.5) is 11.4 Å². The van der Waals surface area contributed by atoms with Gasteiger partial charge in [-0.1, -0.05) is 30.3 Å². The first-order chi connectivity index (χ1) is 15.0. The van der Waals surface area contributed by atoms with E-state index in [1.807, 2.05) is 30.3 Å². The summed E-state index contributed by atoms with van der Waals surface area (Å²) >= 11 is 0. The minimum Gasteiger partial charge on any atom is -0.495 e. The molecule has 0 spiro atoms. The van der Waals surface area contributed by atoms with Gasteiger partial charge in [0.05, 0.1) is 18.5 Å². The third-order valence-electron chi connectivity index (χ3n) is 5.06. The maximum absolute atomic E-state index is 12.6. The minimum absolute atomic E-state index is 0.0234. The summed E-state index contributed by atoms with van der Waals surface area (Å²) in [5, 5.41) is 7.09. The van der Waals surface area contributed by atoms with E-state index in [2.05, 4.69) is 10.4 Å². The summed E-state index contributed by atoms with van der Waals surface area (Å²) < 4.78 is 6.50. The van der Waals surface area contributed by atoms with E-state index in [-0.39, 0.29) is 18.0 Å². The normalized spacial score (nSPS) is 13.3. The van der Waals surface area contributed by atoms with E-state index in [1.54, 1.807) is 29.2 Å². The largest absolute Gasteiger partial charge is 0.495 e. The molecule has 4 rings (SSSR count). The molecule has 8 heteroatoms. The van der Waals surface area contributed by atoms with Crippen molar-refractivity contribution in [3.8, 4) is 17.0 Å². The lowest BCUT2D eigenvalue weighted by molar-refractivity contribution is -0.117. The highest BCUT2D eigenvalue weighted by molar-refractivity contribution is 5.98. The fourth-order valence-electron chi connectivity index (χ4n) is 3.54. The molecule has 8 nitrogen and oxygen atoms in total. The van der Waals surface area contributed by atoms with Gasteiger partial charge in [0.15, 0.2) is 0 Å². The Labute approximate surface area is 179 Å². The second kappa shape index (κ2) is 8.83. The van der Waals surface area contributed by atoms with Crippen LogP contribution in [-0.2, 0) is 16.1 Å². The molecule has 0 bridgehead atoms. The molecule has 1 fully saturated rings. The van der Waals surface area contributed by atoms with E-state index >= 15 is 0 Å². The van der Waals surface area contributed by atoms with Crippen LogP contribution in [0.25, 0.3) is 11.3 Å². The first kappa shape index (κ1) is 20.3. The van der Waals surface area contributed by atoms with Crippen molar-refractivity contribution >= 4 is 23.2 Å². The summed E-state index contributed by atoms with van der Waals surface area (Å²) in [4.78, 5) is 38.6. The Morgan fingerprint density at radius 1 is 1.10 bits per heavy atom. The second-order valence-corrected chi connectivity index (χ2v) is 7.16. The topological polar surface area (TPSA) is 93.5 Å².